The number of nitrogens with zero attached hydrogens (tertiary/aromatic N) is 1. The van der Waals surface area contributed by atoms with Gasteiger partial charge in [0.05, 0.1) is 6.61 Å². The number of benzene rings is 2. The molecule has 0 bridgehead atoms. The van der Waals surface area contributed by atoms with Gasteiger partial charge in [-0.3, -0.25) is 9.59 Å². The molecule has 1 aliphatic heterocycles. The zero-order chi connectivity index (χ0) is 31.2. The normalized spacial score (nSPS) is 22.2. The van der Waals surface area contributed by atoms with Crippen LogP contribution < -0.4 is 9.47 Å². The SMILES string of the molecule is CCOc1cc(C2C3=C(CC(C)(C)CC3=O)N(C3CCCCC3)C3=C2C(=O)CC(C)(C)C3)ccc1OCc1ccc(Br)cc1. The molecule has 2 aromatic carbocycles. The summed E-state index contributed by atoms with van der Waals surface area (Å²) < 4.78 is 13.4. The number of hydrogen-bond acceptors (Lipinski definition) is 5. The van der Waals surface area contributed by atoms with Crippen molar-refractivity contribution in [3.8, 4) is 11.5 Å². The van der Waals surface area contributed by atoms with Crippen molar-refractivity contribution in [3.63, 3.8) is 0 Å². The molecular weight excluding hydrogens is 614 g/mol. The lowest BCUT2D eigenvalue weighted by Gasteiger charge is -2.52. The van der Waals surface area contributed by atoms with Crippen LogP contribution in [0.2, 0.25) is 0 Å². The number of carbonyl (C=O) groups is 2. The lowest BCUT2D eigenvalue weighted by Crippen LogP contribution is -2.48. The minimum Gasteiger partial charge on any atom is -0.490 e. The molecule has 0 unspecified atom stereocenters. The fraction of sp³-hybridized carbons (Fsp3) is 0.526. The number of ketones is 2. The standard InChI is InChI=1S/C38H46BrNO4/c1-6-43-33-18-25(14-17-32(33)44-23-24-12-15-26(39)16-13-24)34-35-28(19-37(2,3)21-30(35)41)40(27-10-8-7-9-11-27)29-20-38(4,5)22-31(42)36(29)34/h12-18,27,34H,6-11,19-23H2,1-5H3. The average Bonchev–Trinajstić information content (AvgIpc) is 2.95. The molecule has 1 heterocycles. The zero-order valence-corrected chi connectivity index (χ0v) is 28.5. The van der Waals surface area contributed by atoms with E-state index in [0.717, 1.165) is 52.4 Å². The molecule has 0 saturated heterocycles. The molecule has 6 rings (SSSR count). The van der Waals surface area contributed by atoms with Crippen LogP contribution in [0.4, 0.5) is 0 Å². The van der Waals surface area contributed by atoms with Crippen LogP contribution >= 0.6 is 15.9 Å². The van der Waals surface area contributed by atoms with Crippen molar-refractivity contribution in [2.45, 2.75) is 111 Å². The number of rotatable bonds is 7. The van der Waals surface area contributed by atoms with E-state index in [2.05, 4.69) is 54.6 Å². The second-order valence-electron chi connectivity index (χ2n) is 14.8. The van der Waals surface area contributed by atoms with Crippen LogP contribution in [0.25, 0.3) is 0 Å². The predicted molar refractivity (Wildman–Crippen MR) is 178 cm³/mol. The fourth-order valence-electron chi connectivity index (χ4n) is 7.94. The summed E-state index contributed by atoms with van der Waals surface area (Å²) in [7, 11) is 0. The van der Waals surface area contributed by atoms with Gasteiger partial charge in [0.1, 0.15) is 6.61 Å². The molecule has 234 valence electrons. The largest absolute Gasteiger partial charge is 0.490 e. The van der Waals surface area contributed by atoms with Crippen molar-refractivity contribution in [2.75, 3.05) is 6.61 Å². The Balaban J connectivity index is 1.47. The van der Waals surface area contributed by atoms with E-state index in [1.54, 1.807) is 0 Å². The number of allylic oxidation sites excluding steroid dienone is 4. The average molecular weight is 661 g/mol. The molecule has 0 atom stereocenters. The molecule has 1 fully saturated rings. The smallest absolute Gasteiger partial charge is 0.162 e. The number of carbonyl (C=O) groups excluding carboxylic acids is 2. The van der Waals surface area contributed by atoms with Crippen LogP contribution in [0.15, 0.2) is 69.5 Å². The highest BCUT2D eigenvalue weighted by molar-refractivity contribution is 9.10. The van der Waals surface area contributed by atoms with Gasteiger partial charge in [0.15, 0.2) is 23.1 Å². The van der Waals surface area contributed by atoms with Crippen LogP contribution in [0.5, 0.6) is 11.5 Å². The van der Waals surface area contributed by atoms with Crippen LogP contribution in [-0.4, -0.2) is 29.1 Å². The van der Waals surface area contributed by atoms with E-state index in [-0.39, 0.29) is 28.3 Å². The summed E-state index contributed by atoms with van der Waals surface area (Å²) in [5.74, 6) is 1.29. The van der Waals surface area contributed by atoms with Gasteiger partial charge >= 0.3 is 0 Å². The highest BCUT2D eigenvalue weighted by atomic mass is 79.9. The van der Waals surface area contributed by atoms with E-state index in [1.807, 2.05) is 43.3 Å². The van der Waals surface area contributed by atoms with E-state index < -0.39 is 0 Å². The Morgan fingerprint density at radius 2 is 1.36 bits per heavy atom. The first-order valence-corrected chi connectivity index (χ1v) is 17.2. The maximum Gasteiger partial charge on any atom is 0.162 e. The number of hydrogen-bond donors (Lipinski definition) is 0. The highest BCUT2D eigenvalue weighted by Crippen LogP contribution is 2.56. The number of ether oxygens (including phenoxy) is 2. The van der Waals surface area contributed by atoms with Gasteiger partial charge in [-0.2, -0.15) is 0 Å². The molecule has 0 aromatic heterocycles. The molecule has 2 aromatic rings. The summed E-state index contributed by atoms with van der Waals surface area (Å²) >= 11 is 3.50. The first kappa shape index (κ1) is 31.1. The van der Waals surface area contributed by atoms with E-state index in [1.165, 1.54) is 30.7 Å². The Morgan fingerprint density at radius 3 is 1.93 bits per heavy atom. The summed E-state index contributed by atoms with van der Waals surface area (Å²) in [5.41, 5.74) is 5.77. The third-order valence-corrected chi connectivity index (χ3v) is 10.3. The second-order valence-corrected chi connectivity index (χ2v) is 15.7. The molecule has 0 radical (unpaired) electrons. The van der Waals surface area contributed by atoms with Crippen molar-refractivity contribution in [2.24, 2.45) is 10.8 Å². The van der Waals surface area contributed by atoms with Gasteiger partial charge in [-0.05, 0) is 78.8 Å². The van der Waals surface area contributed by atoms with Crippen molar-refractivity contribution >= 4 is 27.5 Å². The van der Waals surface area contributed by atoms with Crippen molar-refractivity contribution in [1.82, 2.24) is 4.90 Å². The fourth-order valence-corrected chi connectivity index (χ4v) is 8.21. The highest BCUT2D eigenvalue weighted by Gasteiger charge is 2.50. The molecule has 5 nitrogen and oxygen atoms in total. The molecule has 0 spiro atoms. The summed E-state index contributed by atoms with van der Waals surface area (Å²) in [6.07, 6.45) is 8.56. The minimum absolute atomic E-state index is 0.124. The topological polar surface area (TPSA) is 55.8 Å². The lowest BCUT2D eigenvalue weighted by molar-refractivity contribution is -0.119. The van der Waals surface area contributed by atoms with Gasteiger partial charge in [-0.1, -0.05) is 81.1 Å². The van der Waals surface area contributed by atoms with Crippen LogP contribution in [0.1, 0.15) is 109 Å². The van der Waals surface area contributed by atoms with E-state index in [0.29, 0.717) is 43.6 Å². The van der Waals surface area contributed by atoms with Gasteiger partial charge < -0.3 is 14.4 Å². The zero-order valence-electron chi connectivity index (χ0n) is 26.9. The molecule has 6 heteroatoms. The molecule has 44 heavy (non-hydrogen) atoms. The summed E-state index contributed by atoms with van der Waals surface area (Å²) in [4.78, 5) is 31.0. The van der Waals surface area contributed by atoms with Crippen molar-refractivity contribution < 1.29 is 19.1 Å². The third kappa shape index (κ3) is 6.16. The van der Waals surface area contributed by atoms with E-state index in [9.17, 15) is 9.59 Å². The van der Waals surface area contributed by atoms with Gasteiger partial charge in [-0.25, -0.2) is 0 Å². The van der Waals surface area contributed by atoms with Crippen LogP contribution in [0, 0.1) is 10.8 Å². The van der Waals surface area contributed by atoms with Crippen LogP contribution in [-0.2, 0) is 16.2 Å². The van der Waals surface area contributed by atoms with E-state index >= 15 is 0 Å². The molecular formula is C38H46BrNO4. The minimum atomic E-state index is -0.383. The molecule has 0 amide bonds. The van der Waals surface area contributed by atoms with E-state index in [4.69, 9.17) is 9.47 Å². The second kappa shape index (κ2) is 12.2. The monoisotopic (exact) mass is 659 g/mol. The molecule has 0 N–H and O–H groups in total. The predicted octanol–water partition coefficient (Wildman–Crippen LogP) is 9.45. The molecule has 3 aliphatic carbocycles. The number of halogens is 1. The van der Waals surface area contributed by atoms with Gasteiger partial charge in [0, 0.05) is 51.8 Å². The summed E-state index contributed by atoms with van der Waals surface area (Å²) in [5, 5.41) is 0. The number of Topliss-reactive ketones (excluding diaryl/α,β-unsaturated/α-hetero) is 2. The Hall–Kier alpha value is -2.86. The Kier molecular flexibility index (Phi) is 8.60. The first-order valence-electron chi connectivity index (χ1n) is 16.4. The maximum atomic E-state index is 14.2. The van der Waals surface area contributed by atoms with Crippen molar-refractivity contribution in [1.29, 1.82) is 0 Å². The van der Waals surface area contributed by atoms with Gasteiger partial charge in [-0.15, -0.1) is 0 Å². The first-order chi connectivity index (χ1) is 21.0. The summed E-state index contributed by atoms with van der Waals surface area (Å²) in [6.45, 7) is 11.7. The molecule has 4 aliphatic rings. The van der Waals surface area contributed by atoms with Gasteiger partial charge in [0.2, 0.25) is 0 Å². The Bertz CT molecular complexity index is 1460. The lowest BCUT2D eigenvalue weighted by atomic mass is 9.63. The van der Waals surface area contributed by atoms with Crippen molar-refractivity contribution in [3.05, 3.63) is 80.6 Å². The van der Waals surface area contributed by atoms with Gasteiger partial charge in [0.25, 0.3) is 0 Å². The maximum absolute atomic E-state index is 14.2. The Labute approximate surface area is 271 Å². The molecule has 1 saturated carbocycles. The Morgan fingerprint density at radius 1 is 0.773 bits per heavy atom. The van der Waals surface area contributed by atoms with Crippen LogP contribution in [0.3, 0.4) is 0 Å². The quantitative estimate of drug-likeness (QED) is 0.296. The summed E-state index contributed by atoms with van der Waals surface area (Å²) in [6, 6.07) is 14.5. The third-order valence-electron chi connectivity index (χ3n) is 9.80.